The first kappa shape index (κ1) is 17.9. The zero-order chi connectivity index (χ0) is 18.8. The van der Waals surface area contributed by atoms with Crippen molar-refractivity contribution in [2.45, 2.75) is 32.4 Å². The molecule has 1 aliphatic rings. The minimum Gasteiger partial charge on any atom is -0.376 e. The van der Waals surface area contributed by atoms with Gasteiger partial charge >= 0.3 is 0 Å². The van der Waals surface area contributed by atoms with E-state index in [9.17, 15) is 9.59 Å². The third-order valence-corrected chi connectivity index (χ3v) is 5.67. The lowest BCUT2D eigenvalue weighted by molar-refractivity contribution is 0.0857. The van der Waals surface area contributed by atoms with E-state index in [-0.39, 0.29) is 17.6 Å². The number of nitrogens with one attached hydrogen (secondary N) is 1. The van der Waals surface area contributed by atoms with Gasteiger partial charge in [0.1, 0.15) is 0 Å². The van der Waals surface area contributed by atoms with Crippen LogP contribution in [0.4, 0.5) is 0 Å². The number of pyridine rings is 2. The number of ether oxygens (including phenoxy) is 1. The van der Waals surface area contributed by atoms with Crippen LogP contribution in [0.5, 0.6) is 0 Å². The predicted octanol–water partition coefficient (Wildman–Crippen LogP) is 2.72. The molecule has 0 bridgehead atoms. The number of hydrogen-bond donors (Lipinski definition) is 1. The fraction of sp³-hybridized carbons (Fsp3) is 0.350. The SMILES string of the molecule is Cc1nc2ccn(Cc3cccs3)c(=O)c2cc1C(=O)NC[C@H]1CCCO1. The van der Waals surface area contributed by atoms with E-state index < -0.39 is 0 Å². The Morgan fingerprint density at radius 3 is 3.07 bits per heavy atom. The molecule has 6 nitrogen and oxygen atoms in total. The van der Waals surface area contributed by atoms with Gasteiger partial charge in [-0.3, -0.25) is 14.6 Å². The van der Waals surface area contributed by atoms with Gasteiger partial charge < -0.3 is 14.6 Å². The fourth-order valence-electron chi connectivity index (χ4n) is 3.34. The summed E-state index contributed by atoms with van der Waals surface area (Å²) in [7, 11) is 0. The lowest BCUT2D eigenvalue weighted by Gasteiger charge is -2.13. The summed E-state index contributed by atoms with van der Waals surface area (Å²) in [6, 6.07) is 7.45. The van der Waals surface area contributed by atoms with Crippen LogP contribution >= 0.6 is 11.3 Å². The Balaban J connectivity index is 1.62. The second-order valence-electron chi connectivity index (χ2n) is 6.73. The molecule has 7 heteroatoms. The Bertz CT molecular complexity index is 1020. The second kappa shape index (κ2) is 7.62. The van der Waals surface area contributed by atoms with Gasteiger partial charge in [0.05, 0.1) is 34.8 Å². The van der Waals surface area contributed by atoms with Crippen LogP contribution in [0, 0.1) is 6.92 Å². The summed E-state index contributed by atoms with van der Waals surface area (Å²) < 4.78 is 7.19. The Morgan fingerprint density at radius 1 is 1.44 bits per heavy atom. The molecule has 0 spiro atoms. The van der Waals surface area contributed by atoms with Crippen molar-refractivity contribution in [3.8, 4) is 0 Å². The van der Waals surface area contributed by atoms with Gasteiger partial charge in [-0.05, 0) is 43.3 Å². The summed E-state index contributed by atoms with van der Waals surface area (Å²) in [4.78, 5) is 31.1. The molecule has 0 saturated carbocycles. The third kappa shape index (κ3) is 3.79. The number of fused-ring (bicyclic) bond motifs is 1. The molecule has 27 heavy (non-hydrogen) atoms. The van der Waals surface area contributed by atoms with Crippen LogP contribution in [0.3, 0.4) is 0 Å². The van der Waals surface area contributed by atoms with Gasteiger partial charge in [-0.2, -0.15) is 0 Å². The van der Waals surface area contributed by atoms with Crippen LogP contribution in [0.1, 0.15) is 33.8 Å². The van der Waals surface area contributed by atoms with Crippen molar-refractivity contribution in [2.24, 2.45) is 0 Å². The molecular formula is C20H21N3O3S. The Kier molecular flexibility index (Phi) is 5.05. The van der Waals surface area contributed by atoms with Gasteiger partial charge in [-0.15, -0.1) is 11.3 Å². The normalized spacial score (nSPS) is 16.7. The van der Waals surface area contributed by atoms with E-state index in [1.54, 1.807) is 35.1 Å². The van der Waals surface area contributed by atoms with E-state index in [1.165, 1.54) is 0 Å². The zero-order valence-corrected chi connectivity index (χ0v) is 15.9. The van der Waals surface area contributed by atoms with Gasteiger partial charge in [0.15, 0.2) is 0 Å². The maximum Gasteiger partial charge on any atom is 0.260 e. The topological polar surface area (TPSA) is 73.2 Å². The third-order valence-electron chi connectivity index (χ3n) is 4.81. The first-order valence-electron chi connectivity index (χ1n) is 9.05. The van der Waals surface area contributed by atoms with Gasteiger partial charge in [0.25, 0.3) is 11.5 Å². The Labute approximate surface area is 160 Å². The van der Waals surface area contributed by atoms with Crippen LogP contribution in [-0.2, 0) is 11.3 Å². The molecule has 0 aliphatic carbocycles. The van der Waals surface area contributed by atoms with Gasteiger partial charge in [0, 0.05) is 24.2 Å². The molecule has 1 N–H and O–H groups in total. The highest BCUT2D eigenvalue weighted by molar-refractivity contribution is 7.09. The molecule has 0 unspecified atom stereocenters. The van der Waals surface area contributed by atoms with Crippen LogP contribution in [0.25, 0.3) is 10.9 Å². The molecule has 4 heterocycles. The van der Waals surface area contributed by atoms with Crippen LogP contribution in [-0.4, -0.2) is 34.7 Å². The second-order valence-corrected chi connectivity index (χ2v) is 7.76. The van der Waals surface area contributed by atoms with Crippen molar-refractivity contribution in [3.05, 3.63) is 62.3 Å². The standard InChI is InChI=1S/C20H21N3O3S/c1-13-16(19(24)21-11-14-4-2-8-26-14)10-17-18(22-13)6-7-23(20(17)25)12-15-5-3-9-27-15/h3,5-7,9-10,14H,2,4,8,11-12H2,1H3,(H,21,24)/t14-/m1/s1. The Hall–Kier alpha value is -2.51. The van der Waals surface area contributed by atoms with Crippen molar-refractivity contribution in [2.75, 3.05) is 13.2 Å². The molecule has 0 aromatic carbocycles. The van der Waals surface area contributed by atoms with E-state index >= 15 is 0 Å². The quantitative estimate of drug-likeness (QED) is 0.735. The minimum absolute atomic E-state index is 0.0747. The highest BCUT2D eigenvalue weighted by Gasteiger charge is 2.18. The van der Waals surface area contributed by atoms with Gasteiger partial charge in [-0.1, -0.05) is 6.07 Å². The zero-order valence-electron chi connectivity index (χ0n) is 15.1. The number of amides is 1. The molecule has 1 aliphatic heterocycles. The van der Waals surface area contributed by atoms with Crippen molar-refractivity contribution < 1.29 is 9.53 Å². The van der Waals surface area contributed by atoms with Crippen molar-refractivity contribution in [1.82, 2.24) is 14.9 Å². The smallest absolute Gasteiger partial charge is 0.260 e. The molecule has 1 fully saturated rings. The number of aryl methyl sites for hydroxylation is 1. The summed E-state index contributed by atoms with van der Waals surface area (Å²) in [6.45, 7) is 3.53. The summed E-state index contributed by atoms with van der Waals surface area (Å²) in [5.41, 5.74) is 1.52. The van der Waals surface area contributed by atoms with E-state index in [0.717, 1.165) is 24.3 Å². The number of carbonyl (C=O) groups is 1. The Morgan fingerprint density at radius 2 is 2.33 bits per heavy atom. The molecule has 3 aromatic heterocycles. The first-order chi connectivity index (χ1) is 13.1. The lowest BCUT2D eigenvalue weighted by Crippen LogP contribution is -2.32. The van der Waals surface area contributed by atoms with Crippen LogP contribution < -0.4 is 10.9 Å². The molecule has 140 valence electrons. The summed E-state index contributed by atoms with van der Waals surface area (Å²) in [6.07, 6.45) is 3.82. The number of thiophene rings is 1. The van der Waals surface area contributed by atoms with E-state index in [0.29, 0.717) is 35.2 Å². The molecule has 4 rings (SSSR count). The number of carbonyl (C=O) groups excluding carboxylic acids is 1. The number of aromatic nitrogens is 2. The van der Waals surface area contributed by atoms with Gasteiger partial charge in [0.2, 0.25) is 0 Å². The lowest BCUT2D eigenvalue weighted by atomic mass is 10.1. The monoisotopic (exact) mass is 383 g/mol. The van der Waals surface area contributed by atoms with E-state index in [2.05, 4.69) is 10.3 Å². The molecule has 1 saturated heterocycles. The van der Waals surface area contributed by atoms with Crippen molar-refractivity contribution in [1.29, 1.82) is 0 Å². The fourth-order valence-corrected chi connectivity index (χ4v) is 4.04. The maximum absolute atomic E-state index is 12.9. The summed E-state index contributed by atoms with van der Waals surface area (Å²) in [5.74, 6) is -0.217. The van der Waals surface area contributed by atoms with Gasteiger partial charge in [-0.25, -0.2) is 0 Å². The molecule has 3 aromatic rings. The highest BCUT2D eigenvalue weighted by Crippen LogP contribution is 2.16. The average molecular weight is 383 g/mol. The van der Waals surface area contributed by atoms with E-state index in [4.69, 9.17) is 4.74 Å². The predicted molar refractivity (Wildman–Crippen MR) is 105 cm³/mol. The summed E-state index contributed by atoms with van der Waals surface area (Å²) >= 11 is 1.61. The first-order valence-corrected chi connectivity index (χ1v) is 9.93. The van der Waals surface area contributed by atoms with E-state index in [1.807, 2.05) is 23.6 Å². The van der Waals surface area contributed by atoms with Crippen molar-refractivity contribution in [3.63, 3.8) is 0 Å². The molecule has 1 atom stereocenters. The molecule has 0 radical (unpaired) electrons. The number of rotatable bonds is 5. The van der Waals surface area contributed by atoms with Crippen molar-refractivity contribution >= 4 is 28.1 Å². The maximum atomic E-state index is 12.9. The number of hydrogen-bond acceptors (Lipinski definition) is 5. The van der Waals surface area contributed by atoms with Crippen LogP contribution in [0.15, 0.2) is 40.6 Å². The molecular weight excluding hydrogens is 362 g/mol. The average Bonchev–Trinajstić information content (AvgIpc) is 3.35. The number of nitrogens with zero attached hydrogens (tertiary/aromatic N) is 2. The minimum atomic E-state index is -0.217. The highest BCUT2D eigenvalue weighted by atomic mass is 32.1. The largest absolute Gasteiger partial charge is 0.376 e. The molecule has 1 amide bonds. The van der Waals surface area contributed by atoms with Crippen LogP contribution in [0.2, 0.25) is 0 Å². The summed E-state index contributed by atoms with van der Waals surface area (Å²) in [5, 5.41) is 5.35.